The van der Waals surface area contributed by atoms with E-state index in [9.17, 15) is 0 Å². The number of benzene rings is 1. The molecule has 1 aromatic carbocycles. The van der Waals surface area contributed by atoms with Gasteiger partial charge in [-0.05, 0) is 11.6 Å². The van der Waals surface area contributed by atoms with Crippen LogP contribution in [-0.4, -0.2) is 13.3 Å². The van der Waals surface area contributed by atoms with Crippen LogP contribution >= 0.6 is 11.6 Å². The highest BCUT2D eigenvalue weighted by atomic mass is 35.5. The molecule has 2 nitrogen and oxygen atoms in total. The predicted octanol–water partition coefficient (Wildman–Crippen LogP) is 2.47. The summed E-state index contributed by atoms with van der Waals surface area (Å²) in [5.41, 5.74) is 3.69. The van der Waals surface area contributed by atoms with Gasteiger partial charge in [-0.3, -0.25) is 0 Å². The fraction of sp³-hybridized carbons (Fsp3) is 0.100. The summed E-state index contributed by atoms with van der Waals surface area (Å²) in [5.74, 6) is 0. The molecule has 0 fully saturated rings. The summed E-state index contributed by atoms with van der Waals surface area (Å²) >= 11 is 5.87. The number of allylic oxidation sites excluding steroid dienone is 1. The molecule has 0 unspecified atom stereocenters. The number of halogens is 1. The van der Waals surface area contributed by atoms with Crippen LogP contribution in [0.1, 0.15) is 5.56 Å². The van der Waals surface area contributed by atoms with Gasteiger partial charge in [0.15, 0.2) is 0 Å². The molecule has 3 heteroatoms. The van der Waals surface area contributed by atoms with Crippen molar-refractivity contribution < 1.29 is 0 Å². The van der Waals surface area contributed by atoms with E-state index in [1.807, 2.05) is 36.4 Å². The van der Waals surface area contributed by atoms with Crippen molar-refractivity contribution in [3.05, 3.63) is 40.9 Å². The number of hydrogen-bond acceptors (Lipinski definition) is 2. The minimum Gasteiger partial charge on any atom is -0.313 e. The van der Waals surface area contributed by atoms with E-state index in [1.165, 1.54) is 0 Å². The van der Waals surface area contributed by atoms with E-state index in [0.717, 1.165) is 5.56 Å². The van der Waals surface area contributed by atoms with Gasteiger partial charge in [0.2, 0.25) is 0 Å². The number of nitrogens with one attached hydrogen (secondary N) is 1. The minimum atomic E-state index is 0.598. The molecule has 0 aliphatic rings. The van der Waals surface area contributed by atoms with Crippen LogP contribution in [-0.2, 0) is 0 Å². The third-order valence-corrected chi connectivity index (χ3v) is 1.63. The second kappa shape index (κ2) is 5.38. The van der Waals surface area contributed by atoms with Crippen molar-refractivity contribution in [3.8, 4) is 0 Å². The van der Waals surface area contributed by atoms with E-state index in [-0.39, 0.29) is 0 Å². The Morgan fingerprint density at radius 1 is 1.38 bits per heavy atom. The molecule has 0 amide bonds. The fourth-order valence-corrected chi connectivity index (χ4v) is 1.05. The summed E-state index contributed by atoms with van der Waals surface area (Å²) < 4.78 is 0. The molecule has 1 aromatic rings. The highest BCUT2D eigenvalue weighted by Gasteiger charge is 1.87. The largest absolute Gasteiger partial charge is 0.313 e. The second-order valence-electron chi connectivity index (χ2n) is 2.42. The molecular weight excluding hydrogens is 184 g/mol. The van der Waals surface area contributed by atoms with Crippen molar-refractivity contribution in [2.45, 2.75) is 0 Å². The molecule has 0 saturated carbocycles. The van der Waals surface area contributed by atoms with E-state index in [0.29, 0.717) is 5.03 Å². The monoisotopic (exact) mass is 194 g/mol. The Morgan fingerprint density at radius 2 is 2.08 bits per heavy atom. The quantitative estimate of drug-likeness (QED) is 0.580. The fourth-order valence-electron chi connectivity index (χ4n) is 0.872. The van der Waals surface area contributed by atoms with E-state index in [1.54, 1.807) is 13.3 Å². The molecule has 0 bridgehead atoms. The third kappa shape index (κ3) is 3.76. The second-order valence-corrected chi connectivity index (χ2v) is 2.86. The maximum absolute atomic E-state index is 5.87. The van der Waals surface area contributed by atoms with Crippen LogP contribution < -0.4 is 5.43 Å². The van der Waals surface area contributed by atoms with Gasteiger partial charge in [0, 0.05) is 7.05 Å². The van der Waals surface area contributed by atoms with Gasteiger partial charge < -0.3 is 5.43 Å². The highest BCUT2D eigenvalue weighted by molar-refractivity contribution is 6.41. The van der Waals surface area contributed by atoms with Crippen molar-refractivity contribution in [3.63, 3.8) is 0 Å². The Bertz CT molecular complexity index is 304. The highest BCUT2D eigenvalue weighted by Crippen LogP contribution is 2.07. The van der Waals surface area contributed by atoms with Gasteiger partial charge in [-0.15, -0.1) is 0 Å². The zero-order chi connectivity index (χ0) is 9.52. The molecule has 0 aromatic heterocycles. The van der Waals surface area contributed by atoms with Crippen LogP contribution in [0.5, 0.6) is 0 Å². The Kier molecular flexibility index (Phi) is 4.06. The van der Waals surface area contributed by atoms with Crippen LogP contribution in [0.3, 0.4) is 0 Å². The lowest BCUT2D eigenvalue weighted by Crippen LogP contribution is -1.93. The van der Waals surface area contributed by atoms with E-state index < -0.39 is 0 Å². The number of nitrogens with zero attached hydrogens (tertiary/aromatic N) is 1. The molecular formula is C10H11ClN2. The van der Waals surface area contributed by atoms with Crippen molar-refractivity contribution in [1.82, 2.24) is 5.43 Å². The molecule has 13 heavy (non-hydrogen) atoms. The Balaban J connectivity index is 2.71. The maximum Gasteiger partial charge on any atom is 0.0654 e. The smallest absolute Gasteiger partial charge is 0.0654 e. The lowest BCUT2D eigenvalue weighted by atomic mass is 10.2. The first-order chi connectivity index (χ1) is 6.33. The molecule has 0 atom stereocenters. The summed E-state index contributed by atoms with van der Waals surface area (Å²) in [7, 11) is 1.73. The zero-order valence-electron chi connectivity index (χ0n) is 7.37. The van der Waals surface area contributed by atoms with Crippen molar-refractivity contribution in [1.29, 1.82) is 0 Å². The standard InChI is InChI=1S/C10H11ClN2/c1-12-13-8-10(11)7-9-5-3-2-4-6-9/h2-8,12H,1H3/b10-7-,13-8+. The van der Waals surface area contributed by atoms with Gasteiger partial charge in [-0.25, -0.2) is 0 Å². The lowest BCUT2D eigenvalue weighted by molar-refractivity contribution is 0.908. The molecule has 0 aliphatic heterocycles. The topological polar surface area (TPSA) is 24.4 Å². The van der Waals surface area contributed by atoms with Crippen LogP contribution in [0.15, 0.2) is 40.5 Å². The number of hydrazone groups is 1. The molecule has 1 N–H and O–H groups in total. The molecule has 0 heterocycles. The van der Waals surface area contributed by atoms with E-state index in [2.05, 4.69) is 10.5 Å². The van der Waals surface area contributed by atoms with Crippen molar-refractivity contribution >= 4 is 23.9 Å². The van der Waals surface area contributed by atoms with Gasteiger partial charge >= 0.3 is 0 Å². The lowest BCUT2D eigenvalue weighted by Gasteiger charge is -1.92. The normalized spacial score (nSPS) is 12.0. The molecule has 0 spiro atoms. The number of hydrogen-bond donors (Lipinski definition) is 1. The van der Waals surface area contributed by atoms with Gasteiger partial charge in [0.05, 0.1) is 11.2 Å². The van der Waals surface area contributed by atoms with E-state index in [4.69, 9.17) is 11.6 Å². The minimum absolute atomic E-state index is 0.598. The molecule has 1 rings (SSSR count). The summed E-state index contributed by atoms with van der Waals surface area (Å²) in [6, 6.07) is 9.86. The summed E-state index contributed by atoms with van der Waals surface area (Å²) in [6.07, 6.45) is 3.41. The Hall–Kier alpha value is -1.28. The summed E-state index contributed by atoms with van der Waals surface area (Å²) in [4.78, 5) is 0. The third-order valence-electron chi connectivity index (χ3n) is 1.42. The molecule has 0 radical (unpaired) electrons. The van der Waals surface area contributed by atoms with Gasteiger partial charge in [0.1, 0.15) is 0 Å². The predicted molar refractivity (Wildman–Crippen MR) is 57.8 cm³/mol. The first-order valence-electron chi connectivity index (χ1n) is 3.95. The van der Waals surface area contributed by atoms with Crippen molar-refractivity contribution in [2.75, 3.05) is 7.05 Å². The van der Waals surface area contributed by atoms with Gasteiger partial charge in [-0.2, -0.15) is 5.10 Å². The molecule has 68 valence electrons. The first-order valence-corrected chi connectivity index (χ1v) is 4.33. The molecule has 0 aliphatic carbocycles. The van der Waals surface area contributed by atoms with Crippen LogP contribution in [0.2, 0.25) is 0 Å². The number of rotatable bonds is 3. The zero-order valence-corrected chi connectivity index (χ0v) is 8.12. The Morgan fingerprint density at radius 3 is 2.69 bits per heavy atom. The Labute approximate surface area is 82.9 Å². The van der Waals surface area contributed by atoms with Crippen LogP contribution in [0.4, 0.5) is 0 Å². The van der Waals surface area contributed by atoms with Crippen LogP contribution in [0, 0.1) is 0 Å². The van der Waals surface area contributed by atoms with Crippen molar-refractivity contribution in [2.24, 2.45) is 5.10 Å². The summed E-state index contributed by atoms with van der Waals surface area (Å²) in [5, 5.41) is 4.39. The average molecular weight is 195 g/mol. The summed E-state index contributed by atoms with van der Waals surface area (Å²) in [6.45, 7) is 0. The van der Waals surface area contributed by atoms with E-state index >= 15 is 0 Å². The maximum atomic E-state index is 5.87. The van der Waals surface area contributed by atoms with Gasteiger partial charge in [-0.1, -0.05) is 41.9 Å². The first kappa shape index (κ1) is 9.81. The SMILES string of the molecule is CN/N=C/C(Cl)=C/c1ccccc1. The molecule has 0 saturated heterocycles. The van der Waals surface area contributed by atoms with Crippen LogP contribution in [0.25, 0.3) is 6.08 Å². The average Bonchev–Trinajstić information content (AvgIpc) is 2.16. The van der Waals surface area contributed by atoms with Gasteiger partial charge in [0.25, 0.3) is 0 Å².